The maximum atomic E-state index is 13.0. The van der Waals surface area contributed by atoms with Gasteiger partial charge >= 0.3 is 0 Å². The summed E-state index contributed by atoms with van der Waals surface area (Å²) in [5.74, 6) is 6.75. The van der Waals surface area contributed by atoms with Crippen LogP contribution in [0.25, 0.3) is 16.7 Å². The van der Waals surface area contributed by atoms with Crippen molar-refractivity contribution in [2.75, 3.05) is 19.0 Å². The lowest BCUT2D eigenvalue weighted by Crippen LogP contribution is -2.22. The van der Waals surface area contributed by atoms with Crippen molar-refractivity contribution >= 4 is 38.3 Å². The first-order valence-electron chi connectivity index (χ1n) is 8.33. The van der Waals surface area contributed by atoms with E-state index < -0.39 is 0 Å². The van der Waals surface area contributed by atoms with Crippen molar-refractivity contribution in [2.24, 2.45) is 0 Å². The van der Waals surface area contributed by atoms with Gasteiger partial charge < -0.3 is 4.90 Å². The Kier molecular flexibility index (Phi) is 4.42. The monoisotopic (exact) mass is 421 g/mol. The number of aromatic nitrogens is 4. The van der Waals surface area contributed by atoms with E-state index in [0.717, 1.165) is 21.2 Å². The van der Waals surface area contributed by atoms with Crippen molar-refractivity contribution in [3.8, 4) is 11.8 Å². The minimum absolute atomic E-state index is 0.137. The van der Waals surface area contributed by atoms with Gasteiger partial charge in [0.2, 0.25) is 5.78 Å². The SMILES string of the molecule is CN(C)c1ccccc1C#CCn1c(=O)c2cc(Br)ccc2n2cnnc12. The quantitative estimate of drug-likeness (QED) is 0.467. The third kappa shape index (κ3) is 3.09. The van der Waals surface area contributed by atoms with E-state index in [2.05, 4.69) is 38.0 Å². The zero-order valence-electron chi connectivity index (χ0n) is 14.8. The van der Waals surface area contributed by atoms with E-state index in [1.54, 1.807) is 15.3 Å². The lowest BCUT2D eigenvalue weighted by Gasteiger charge is -2.14. The summed E-state index contributed by atoms with van der Waals surface area (Å²) >= 11 is 3.43. The molecule has 4 aromatic rings. The normalized spacial score (nSPS) is 10.8. The molecule has 7 heteroatoms. The molecule has 0 aliphatic carbocycles. The second-order valence-corrected chi connectivity index (χ2v) is 7.18. The molecule has 0 aliphatic rings. The Morgan fingerprint density at radius 1 is 1.19 bits per heavy atom. The highest BCUT2D eigenvalue weighted by molar-refractivity contribution is 9.10. The fourth-order valence-electron chi connectivity index (χ4n) is 3.03. The Morgan fingerprint density at radius 2 is 2.00 bits per heavy atom. The summed E-state index contributed by atoms with van der Waals surface area (Å²) in [6, 6.07) is 13.5. The van der Waals surface area contributed by atoms with Gasteiger partial charge in [-0.1, -0.05) is 39.9 Å². The van der Waals surface area contributed by atoms with Crippen LogP contribution in [0.4, 0.5) is 5.69 Å². The van der Waals surface area contributed by atoms with Crippen LogP contribution in [0.5, 0.6) is 0 Å². The van der Waals surface area contributed by atoms with E-state index in [4.69, 9.17) is 0 Å². The summed E-state index contributed by atoms with van der Waals surface area (Å²) in [4.78, 5) is 15.0. The average molecular weight is 422 g/mol. The molecule has 0 atom stereocenters. The van der Waals surface area contributed by atoms with E-state index in [9.17, 15) is 4.79 Å². The predicted molar refractivity (Wildman–Crippen MR) is 110 cm³/mol. The summed E-state index contributed by atoms with van der Waals surface area (Å²) in [7, 11) is 3.96. The fourth-order valence-corrected chi connectivity index (χ4v) is 3.40. The van der Waals surface area contributed by atoms with Gasteiger partial charge in [-0.2, -0.15) is 0 Å². The number of rotatable bonds is 2. The first kappa shape index (κ1) is 17.3. The molecule has 0 saturated heterocycles. The smallest absolute Gasteiger partial charge is 0.263 e. The molecule has 27 heavy (non-hydrogen) atoms. The molecule has 0 radical (unpaired) electrons. The van der Waals surface area contributed by atoms with Gasteiger partial charge in [-0.15, -0.1) is 10.2 Å². The van der Waals surface area contributed by atoms with E-state index >= 15 is 0 Å². The molecule has 0 N–H and O–H groups in total. The van der Waals surface area contributed by atoms with Crippen molar-refractivity contribution in [3.05, 3.63) is 69.2 Å². The zero-order valence-corrected chi connectivity index (χ0v) is 16.4. The highest BCUT2D eigenvalue weighted by Crippen LogP contribution is 2.18. The highest BCUT2D eigenvalue weighted by atomic mass is 79.9. The number of nitrogens with zero attached hydrogens (tertiary/aromatic N) is 5. The molecule has 0 bridgehead atoms. The summed E-state index contributed by atoms with van der Waals surface area (Å²) in [5, 5.41) is 8.67. The van der Waals surface area contributed by atoms with Crippen LogP contribution in [-0.4, -0.2) is 33.3 Å². The number of benzene rings is 2. The molecule has 0 amide bonds. The average Bonchev–Trinajstić information content (AvgIpc) is 3.14. The van der Waals surface area contributed by atoms with Crippen LogP contribution in [0.2, 0.25) is 0 Å². The van der Waals surface area contributed by atoms with Gasteiger partial charge in [0, 0.05) is 24.1 Å². The number of halogens is 1. The second kappa shape index (κ2) is 6.89. The first-order chi connectivity index (χ1) is 13.1. The molecule has 0 aliphatic heterocycles. The molecule has 134 valence electrons. The number of fused-ring (bicyclic) bond motifs is 3. The molecule has 0 fully saturated rings. The standard InChI is InChI=1S/C20H16BrN5O/c1-24(2)17-8-4-3-6-14(17)7-5-11-25-19(27)16-12-15(21)9-10-18(16)26-13-22-23-20(25)26/h3-4,6,8-10,12-13H,11H2,1-2H3. The highest BCUT2D eigenvalue weighted by Gasteiger charge is 2.12. The zero-order chi connectivity index (χ0) is 19.0. The van der Waals surface area contributed by atoms with E-state index in [1.807, 2.05) is 61.5 Å². The Morgan fingerprint density at radius 3 is 2.81 bits per heavy atom. The van der Waals surface area contributed by atoms with Crippen molar-refractivity contribution in [1.29, 1.82) is 0 Å². The fraction of sp³-hybridized carbons (Fsp3) is 0.150. The Hall–Kier alpha value is -3.11. The lowest BCUT2D eigenvalue weighted by molar-refractivity contribution is 0.801. The summed E-state index contributed by atoms with van der Waals surface area (Å²) in [5.41, 5.74) is 2.58. The molecular weight excluding hydrogens is 406 g/mol. The number of hydrogen-bond acceptors (Lipinski definition) is 4. The van der Waals surface area contributed by atoms with E-state index in [-0.39, 0.29) is 12.1 Å². The third-order valence-corrected chi connectivity index (χ3v) is 4.80. The molecular formula is C20H16BrN5O. The van der Waals surface area contributed by atoms with Crippen LogP contribution in [0.1, 0.15) is 5.56 Å². The third-order valence-electron chi connectivity index (χ3n) is 4.31. The summed E-state index contributed by atoms with van der Waals surface area (Å²) in [6.07, 6.45) is 1.61. The van der Waals surface area contributed by atoms with Crippen molar-refractivity contribution < 1.29 is 0 Å². The summed E-state index contributed by atoms with van der Waals surface area (Å²) < 4.78 is 4.20. The van der Waals surface area contributed by atoms with Gasteiger partial charge in [0.15, 0.2) is 0 Å². The lowest BCUT2D eigenvalue weighted by atomic mass is 10.1. The minimum atomic E-state index is -0.137. The molecule has 0 unspecified atom stereocenters. The molecule has 2 heterocycles. The molecule has 4 rings (SSSR count). The van der Waals surface area contributed by atoms with E-state index in [1.165, 1.54) is 0 Å². The largest absolute Gasteiger partial charge is 0.377 e. The van der Waals surface area contributed by atoms with Crippen molar-refractivity contribution in [1.82, 2.24) is 19.2 Å². The van der Waals surface area contributed by atoms with E-state index in [0.29, 0.717) is 11.2 Å². The van der Waals surface area contributed by atoms with Crippen molar-refractivity contribution in [2.45, 2.75) is 6.54 Å². The minimum Gasteiger partial charge on any atom is -0.377 e. The molecule has 2 aromatic heterocycles. The van der Waals surface area contributed by atoms with Crippen LogP contribution < -0.4 is 10.5 Å². The van der Waals surface area contributed by atoms with Gasteiger partial charge in [0.25, 0.3) is 5.56 Å². The number of para-hydroxylation sites is 1. The molecule has 6 nitrogen and oxygen atoms in total. The van der Waals surface area contributed by atoms with Gasteiger partial charge in [0.05, 0.1) is 23.1 Å². The summed E-state index contributed by atoms with van der Waals surface area (Å²) in [6.45, 7) is 0.227. The number of hydrogen-bond donors (Lipinski definition) is 0. The van der Waals surface area contributed by atoms with Crippen LogP contribution in [0.3, 0.4) is 0 Å². The second-order valence-electron chi connectivity index (χ2n) is 6.27. The van der Waals surface area contributed by atoms with Gasteiger partial charge in [0.1, 0.15) is 6.33 Å². The van der Waals surface area contributed by atoms with Gasteiger partial charge in [-0.25, -0.2) is 0 Å². The molecule has 0 saturated carbocycles. The maximum Gasteiger partial charge on any atom is 0.263 e. The predicted octanol–water partition coefficient (Wildman–Crippen LogP) is 2.92. The van der Waals surface area contributed by atoms with Crippen molar-refractivity contribution in [3.63, 3.8) is 0 Å². The first-order valence-corrected chi connectivity index (χ1v) is 9.12. The Bertz CT molecular complexity index is 1280. The number of anilines is 1. The van der Waals surface area contributed by atoms with Crippen LogP contribution >= 0.6 is 15.9 Å². The topological polar surface area (TPSA) is 55.4 Å². The van der Waals surface area contributed by atoms with Gasteiger partial charge in [-0.3, -0.25) is 13.8 Å². The Labute approximate surface area is 164 Å². The van der Waals surface area contributed by atoms with Crippen LogP contribution in [0, 0.1) is 11.8 Å². The Balaban J connectivity index is 1.83. The molecule has 0 spiro atoms. The van der Waals surface area contributed by atoms with Crippen LogP contribution in [-0.2, 0) is 6.54 Å². The molecule has 2 aromatic carbocycles. The van der Waals surface area contributed by atoms with Crippen LogP contribution in [0.15, 0.2) is 58.1 Å². The maximum absolute atomic E-state index is 13.0. The van der Waals surface area contributed by atoms with Gasteiger partial charge in [-0.05, 0) is 30.3 Å².